The second-order valence-electron chi connectivity index (χ2n) is 7.31. The first-order chi connectivity index (χ1) is 14.4. The summed E-state index contributed by atoms with van der Waals surface area (Å²) in [6, 6.07) is 13.3. The molecule has 0 bridgehead atoms. The van der Waals surface area contributed by atoms with Gasteiger partial charge in [0.2, 0.25) is 10.0 Å². The Morgan fingerprint density at radius 2 is 1.73 bits per heavy atom. The summed E-state index contributed by atoms with van der Waals surface area (Å²) in [6.07, 6.45) is 0. The number of piperazine rings is 1. The molecule has 1 aliphatic heterocycles. The molecule has 0 atom stereocenters. The van der Waals surface area contributed by atoms with E-state index in [-0.39, 0.29) is 4.90 Å². The van der Waals surface area contributed by atoms with Crippen LogP contribution in [0.1, 0.15) is 12.5 Å². The van der Waals surface area contributed by atoms with Crippen LogP contribution >= 0.6 is 0 Å². The first-order valence-corrected chi connectivity index (χ1v) is 11.8. The number of ether oxygens (including phenoxy) is 2. The number of aryl methyl sites for hydroxylation is 1. The largest absolute Gasteiger partial charge is 0.497 e. The van der Waals surface area contributed by atoms with Gasteiger partial charge in [0.1, 0.15) is 16.4 Å². The highest BCUT2D eigenvalue weighted by Gasteiger charge is 2.21. The first-order valence-electron chi connectivity index (χ1n) is 10.3. The summed E-state index contributed by atoms with van der Waals surface area (Å²) in [4.78, 5) is 4.82. The Bertz CT molecular complexity index is 924. The van der Waals surface area contributed by atoms with Gasteiger partial charge in [0.15, 0.2) is 0 Å². The number of sulfonamides is 1. The maximum absolute atomic E-state index is 12.8. The maximum Gasteiger partial charge on any atom is 0.244 e. The summed E-state index contributed by atoms with van der Waals surface area (Å²) in [5.74, 6) is 1.24. The van der Waals surface area contributed by atoms with Crippen LogP contribution in [0.15, 0.2) is 47.4 Å². The minimum absolute atomic E-state index is 0.202. The van der Waals surface area contributed by atoms with Gasteiger partial charge in [0, 0.05) is 45.0 Å². The van der Waals surface area contributed by atoms with Gasteiger partial charge < -0.3 is 14.4 Å². The van der Waals surface area contributed by atoms with Crippen LogP contribution in [0.2, 0.25) is 0 Å². The molecule has 2 aromatic carbocycles. The van der Waals surface area contributed by atoms with E-state index >= 15 is 0 Å². The van der Waals surface area contributed by atoms with Crippen molar-refractivity contribution in [1.29, 1.82) is 0 Å². The molecule has 0 saturated carbocycles. The molecule has 1 N–H and O–H groups in total. The molecule has 0 aliphatic carbocycles. The van der Waals surface area contributed by atoms with Crippen molar-refractivity contribution in [3.63, 3.8) is 0 Å². The van der Waals surface area contributed by atoms with Gasteiger partial charge >= 0.3 is 0 Å². The minimum Gasteiger partial charge on any atom is -0.497 e. The number of methoxy groups -OCH3 is 1. The lowest BCUT2D eigenvalue weighted by Gasteiger charge is -2.36. The zero-order chi connectivity index (χ0) is 21.6. The van der Waals surface area contributed by atoms with Gasteiger partial charge in [0.25, 0.3) is 0 Å². The Morgan fingerprint density at radius 1 is 1.03 bits per heavy atom. The highest BCUT2D eigenvalue weighted by Crippen LogP contribution is 2.25. The molecule has 0 spiro atoms. The summed E-state index contributed by atoms with van der Waals surface area (Å²) in [7, 11) is -1.96. The Labute approximate surface area is 179 Å². The van der Waals surface area contributed by atoms with Crippen molar-refractivity contribution in [3.8, 4) is 11.5 Å². The number of nitrogens with zero attached hydrogens (tertiary/aromatic N) is 2. The lowest BCUT2D eigenvalue weighted by molar-refractivity contribution is 0.262. The predicted octanol–water partition coefficient (Wildman–Crippen LogP) is 2.50. The van der Waals surface area contributed by atoms with Crippen molar-refractivity contribution in [3.05, 3.63) is 48.0 Å². The van der Waals surface area contributed by atoms with E-state index in [1.165, 1.54) is 5.69 Å². The van der Waals surface area contributed by atoms with E-state index in [0.717, 1.165) is 37.5 Å². The van der Waals surface area contributed by atoms with Crippen molar-refractivity contribution < 1.29 is 17.9 Å². The zero-order valence-corrected chi connectivity index (χ0v) is 18.7. The molecule has 2 aromatic rings. The van der Waals surface area contributed by atoms with E-state index in [1.807, 2.05) is 32.0 Å². The zero-order valence-electron chi connectivity index (χ0n) is 17.9. The third kappa shape index (κ3) is 5.65. The molecule has 164 valence electrons. The van der Waals surface area contributed by atoms with Crippen molar-refractivity contribution in [2.75, 3.05) is 57.9 Å². The maximum atomic E-state index is 12.8. The van der Waals surface area contributed by atoms with Crippen LogP contribution in [-0.2, 0) is 10.0 Å². The Hall–Kier alpha value is -2.29. The van der Waals surface area contributed by atoms with Gasteiger partial charge in [-0.2, -0.15) is 0 Å². The molecule has 0 amide bonds. The van der Waals surface area contributed by atoms with Crippen LogP contribution in [0.3, 0.4) is 0 Å². The Balaban J connectivity index is 1.50. The van der Waals surface area contributed by atoms with Crippen molar-refractivity contribution in [1.82, 2.24) is 9.62 Å². The standard InChI is InChI=1S/C22H31N3O4S/c1-4-29-21-10-5-18(2)17-22(21)30(26,27)23-11-12-24-13-15-25(16-14-24)19-6-8-20(28-3)9-7-19/h5-10,17,23H,4,11-16H2,1-3H3. The minimum atomic E-state index is -3.62. The summed E-state index contributed by atoms with van der Waals surface area (Å²) >= 11 is 0. The van der Waals surface area contributed by atoms with Crippen LogP contribution in [0.25, 0.3) is 0 Å². The quantitative estimate of drug-likeness (QED) is 0.655. The van der Waals surface area contributed by atoms with Crippen molar-refractivity contribution in [2.45, 2.75) is 18.7 Å². The van der Waals surface area contributed by atoms with Gasteiger partial charge in [-0.05, 0) is 55.8 Å². The average Bonchev–Trinajstić information content (AvgIpc) is 2.75. The lowest BCUT2D eigenvalue weighted by Crippen LogP contribution is -2.48. The molecule has 0 aromatic heterocycles. The number of rotatable bonds is 9. The Morgan fingerprint density at radius 3 is 2.37 bits per heavy atom. The molecule has 1 saturated heterocycles. The van der Waals surface area contributed by atoms with E-state index in [0.29, 0.717) is 25.4 Å². The molecule has 30 heavy (non-hydrogen) atoms. The summed E-state index contributed by atoms with van der Waals surface area (Å²) < 4.78 is 39.0. The van der Waals surface area contributed by atoms with E-state index < -0.39 is 10.0 Å². The predicted molar refractivity (Wildman–Crippen MR) is 119 cm³/mol. The highest BCUT2D eigenvalue weighted by molar-refractivity contribution is 7.89. The smallest absolute Gasteiger partial charge is 0.244 e. The van der Waals surface area contributed by atoms with E-state index in [9.17, 15) is 8.42 Å². The fraction of sp³-hybridized carbons (Fsp3) is 0.455. The van der Waals surface area contributed by atoms with E-state index in [4.69, 9.17) is 9.47 Å². The molecule has 1 fully saturated rings. The third-order valence-electron chi connectivity index (χ3n) is 5.22. The second-order valence-corrected chi connectivity index (χ2v) is 9.04. The van der Waals surface area contributed by atoms with Crippen LogP contribution in [-0.4, -0.2) is 66.3 Å². The Kier molecular flexibility index (Phi) is 7.58. The number of hydrogen-bond donors (Lipinski definition) is 1. The molecule has 1 aliphatic rings. The van der Waals surface area contributed by atoms with Crippen LogP contribution in [0.4, 0.5) is 5.69 Å². The fourth-order valence-electron chi connectivity index (χ4n) is 3.54. The normalized spacial score (nSPS) is 15.2. The molecule has 0 radical (unpaired) electrons. The second kappa shape index (κ2) is 10.1. The van der Waals surface area contributed by atoms with Crippen LogP contribution in [0, 0.1) is 6.92 Å². The first kappa shape index (κ1) is 22.4. The van der Waals surface area contributed by atoms with E-state index in [2.05, 4.69) is 26.7 Å². The highest BCUT2D eigenvalue weighted by atomic mass is 32.2. The van der Waals surface area contributed by atoms with Crippen LogP contribution < -0.4 is 19.1 Å². The molecule has 3 rings (SSSR count). The number of anilines is 1. The van der Waals surface area contributed by atoms with Gasteiger partial charge in [-0.15, -0.1) is 0 Å². The van der Waals surface area contributed by atoms with Crippen molar-refractivity contribution >= 4 is 15.7 Å². The number of hydrogen-bond acceptors (Lipinski definition) is 6. The summed E-state index contributed by atoms with van der Waals surface area (Å²) in [5.41, 5.74) is 2.06. The SMILES string of the molecule is CCOc1ccc(C)cc1S(=O)(=O)NCCN1CCN(c2ccc(OC)cc2)CC1. The summed E-state index contributed by atoms with van der Waals surface area (Å²) in [5, 5.41) is 0. The van der Waals surface area contributed by atoms with Gasteiger partial charge in [0.05, 0.1) is 13.7 Å². The monoisotopic (exact) mass is 433 g/mol. The molecule has 7 nitrogen and oxygen atoms in total. The van der Waals surface area contributed by atoms with Crippen molar-refractivity contribution in [2.24, 2.45) is 0 Å². The molecule has 0 unspecified atom stereocenters. The third-order valence-corrected chi connectivity index (χ3v) is 6.70. The number of nitrogens with one attached hydrogen (secondary N) is 1. The molecule has 1 heterocycles. The fourth-order valence-corrected chi connectivity index (χ4v) is 4.79. The van der Waals surface area contributed by atoms with Gasteiger partial charge in [-0.1, -0.05) is 6.07 Å². The molecular formula is C22H31N3O4S. The van der Waals surface area contributed by atoms with E-state index in [1.54, 1.807) is 19.2 Å². The van der Waals surface area contributed by atoms with Gasteiger partial charge in [-0.25, -0.2) is 13.1 Å². The topological polar surface area (TPSA) is 71.1 Å². The molecule has 8 heteroatoms. The lowest BCUT2D eigenvalue weighted by atomic mass is 10.2. The number of benzene rings is 2. The van der Waals surface area contributed by atoms with Crippen LogP contribution in [0.5, 0.6) is 11.5 Å². The average molecular weight is 434 g/mol. The summed E-state index contributed by atoms with van der Waals surface area (Å²) in [6.45, 7) is 8.77. The van der Waals surface area contributed by atoms with Gasteiger partial charge in [-0.3, -0.25) is 4.90 Å². The molecular weight excluding hydrogens is 402 g/mol.